The smallest absolute Gasteiger partial charge is 0.267 e. The predicted molar refractivity (Wildman–Crippen MR) is 94.9 cm³/mol. The van der Waals surface area contributed by atoms with Gasteiger partial charge in [-0.25, -0.2) is 0 Å². The van der Waals surface area contributed by atoms with Crippen LogP contribution in [0.2, 0.25) is 5.02 Å². The maximum Gasteiger partial charge on any atom is 0.267 e. The molecule has 0 aliphatic rings. The molecule has 8 heteroatoms. The first-order valence-corrected chi connectivity index (χ1v) is 8.47. The third kappa shape index (κ3) is 4.26. The largest absolute Gasteiger partial charge is 0.332 e. The van der Waals surface area contributed by atoms with Gasteiger partial charge in [-0.15, -0.1) is 11.3 Å². The van der Waals surface area contributed by atoms with Gasteiger partial charge in [-0.3, -0.25) is 10.1 Å². The van der Waals surface area contributed by atoms with Gasteiger partial charge >= 0.3 is 0 Å². The van der Waals surface area contributed by atoms with E-state index in [1.54, 1.807) is 24.3 Å². The maximum absolute atomic E-state index is 12.0. The molecule has 0 atom stereocenters. The molecular weight excluding hydrogens is 448 g/mol. The Morgan fingerprint density at radius 2 is 2.05 bits per heavy atom. The van der Waals surface area contributed by atoms with Crippen molar-refractivity contribution in [1.82, 2.24) is 5.32 Å². The quantitative estimate of drug-likeness (QED) is 0.624. The summed E-state index contributed by atoms with van der Waals surface area (Å²) in [6.45, 7) is 0. The molecule has 0 bridgehead atoms. The van der Waals surface area contributed by atoms with Crippen LogP contribution in [-0.4, -0.2) is 11.0 Å². The van der Waals surface area contributed by atoms with Crippen LogP contribution in [0.3, 0.4) is 0 Å². The van der Waals surface area contributed by atoms with Crippen LogP contribution in [0.4, 0.5) is 5.69 Å². The summed E-state index contributed by atoms with van der Waals surface area (Å²) >= 11 is 19.0. The van der Waals surface area contributed by atoms with Crippen molar-refractivity contribution in [3.05, 3.63) is 48.5 Å². The van der Waals surface area contributed by atoms with E-state index in [9.17, 15) is 4.79 Å². The van der Waals surface area contributed by atoms with Crippen molar-refractivity contribution in [1.29, 1.82) is 0 Å². The van der Waals surface area contributed by atoms with Crippen molar-refractivity contribution in [3.8, 4) is 0 Å². The first-order valence-electron chi connectivity index (χ1n) is 5.28. The molecule has 2 rings (SSSR count). The van der Waals surface area contributed by atoms with Gasteiger partial charge in [0.05, 0.1) is 8.66 Å². The average Bonchev–Trinajstić information content (AvgIpc) is 2.69. The van der Waals surface area contributed by atoms with Crippen LogP contribution < -0.4 is 10.6 Å². The zero-order valence-corrected chi connectivity index (χ0v) is 15.3. The Balaban J connectivity index is 1.99. The fourth-order valence-electron chi connectivity index (χ4n) is 1.35. The van der Waals surface area contributed by atoms with Gasteiger partial charge in [-0.1, -0.05) is 17.7 Å². The van der Waals surface area contributed by atoms with Crippen LogP contribution in [0.5, 0.6) is 0 Å². The zero-order chi connectivity index (χ0) is 14.7. The van der Waals surface area contributed by atoms with E-state index in [-0.39, 0.29) is 11.0 Å². The molecule has 0 radical (unpaired) electrons. The number of thiophene rings is 1. The van der Waals surface area contributed by atoms with Crippen LogP contribution in [0.15, 0.2) is 38.6 Å². The SMILES string of the molecule is O=C(NC(=S)Nc1cccc(Cl)c1)c1cc(Br)c(Br)s1. The number of halogens is 3. The second-order valence-corrected chi connectivity index (χ2v) is 7.72. The Hall–Kier alpha value is -0.470. The molecule has 0 aliphatic carbocycles. The number of carbonyl (C=O) groups is 1. The highest BCUT2D eigenvalue weighted by Crippen LogP contribution is 2.32. The molecule has 0 spiro atoms. The molecule has 1 aromatic carbocycles. The van der Waals surface area contributed by atoms with Crippen LogP contribution in [-0.2, 0) is 0 Å². The highest BCUT2D eigenvalue weighted by atomic mass is 79.9. The average molecular weight is 455 g/mol. The molecule has 20 heavy (non-hydrogen) atoms. The third-order valence-corrected chi connectivity index (χ3v) is 5.87. The van der Waals surface area contributed by atoms with Crippen LogP contribution in [0.25, 0.3) is 0 Å². The van der Waals surface area contributed by atoms with Gasteiger partial charge in [0, 0.05) is 15.2 Å². The monoisotopic (exact) mass is 452 g/mol. The summed E-state index contributed by atoms with van der Waals surface area (Å²) in [7, 11) is 0. The number of amides is 1. The number of anilines is 1. The van der Waals surface area contributed by atoms with Crippen LogP contribution in [0.1, 0.15) is 9.67 Å². The van der Waals surface area contributed by atoms with E-state index in [4.69, 9.17) is 23.8 Å². The predicted octanol–water partition coefficient (Wildman–Crippen LogP) is 5.05. The van der Waals surface area contributed by atoms with E-state index in [0.29, 0.717) is 9.90 Å². The lowest BCUT2D eigenvalue weighted by atomic mass is 10.3. The Morgan fingerprint density at radius 1 is 1.30 bits per heavy atom. The van der Waals surface area contributed by atoms with E-state index in [1.807, 2.05) is 6.07 Å². The number of carbonyl (C=O) groups excluding carboxylic acids is 1. The molecule has 0 fully saturated rings. The van der Waals surface area contributed by atoms with Crippen molar-refractivity contribution >= 4 is 83.7 Å². The minimum Gasteiger partial charge on any atom is -0.332 e. The number of benzene rings is 1. The lowest BCUT2D eigenvalue weighted by Gasteiger charge is -2.08. The molecule has 104 valence electrons. The second-order valence-electron chi connectivity index (χ2n) is 3.65. The summed E-state index contributed by atoms with van der Waals surface area (Å²) in [5.74, 6) is -0.263. The van der Waals surface area contributed by atoms with Gasteiger partial charge < -0.3 is 5.32 Å². The van der Waals surface area contributed by atoms with Gasteiger partial charge in [-0.05, 0) is 68.3 Å². The Labute approximate surface area is 147 Å². The van der Waals surface area contributed by atoms with Crippen molar-refractivity contribution in [2.24, 2.45) is 0 Å². The fraction of sp³-hybridized carbons (Fsp3) is 0. The third-order valence-electron chi connectivity index (χ3n) is 2.18. The summed E-state index contributed by atoms with van der Waals surface area (Å²) in [6.07, 6.45) is 0. The summed E-state index contributed by atoms with van der Waals surface area (Å²) in [5, 5.41) is 6.33. The van der Waals surface area contributed by atoms with Crippen molar-refractivity contribution in [2.45, 2.75) is 0 Å². The van der Waals surface area contributed by atoms with Crippen molar-refractivity contribution < 1.29 is 4.79 Å². The van der Waals surface area contributed by atoms with Gasteiger partial charge in [0.25, 0.3) is 5.91 Å². The Morgan fingerprint density at radius 3 is 2.65 bits per heavy atom. The zero-order valence-electron chi connectivity index (χ0n) is 9.75. The van der Waals surface area contributed by atoms with E-state index in [0.717, 1.165) is 13.9 Å². The van der Waals surface area contributed by atoms with E-state index in [1.165, 1.54) is 11.3 Å². The van der Waals surface area contributed by atoms with Crippen LogP contribution >= 0.6 is 67.0 Å². The Kier molecular flexibility index (Phi) is 5.57. The standard InChI is InChI=1S/C12H7Br2ClN2OS2/c13-8-5-9(20-10(8)14)11(18)17-12(19)16-7-3-1-2-6(15)4-7/h1-5H,(H2,16,17,18,19). The molecule has 2 aromatic rings. The molecule has 1 amide bonds. The highest BCUT2D eigenvalue weighted by molar-refractivity contribution is 9.13. The van der Waals surface area contributed by atoms with E-state index < -0.39 is 0 Å². The second kappa shape index (κ2) is 7.00. The van der Waals surface area contributed by atoms with Gasteiger partial charge in [0.1, 0.15) is 0 Å². The highest BCUT2D eigenvalue weighted by Gasteiger charge is 2.13. The molecule has 0 aliphatic heterocycles. The lowest BCUT2D eigenvalue weighted by molar-refractivity contribution is 0.0981. The van der Waals surface area contributed by atoms with E-state index in [2.05, 4.69) is 42.5 Å². The number of nitrogens with one attached hydrogen (secondary N) is 2. The first-order chi connectivity index (χ1) is 9.45. The minimum atomic E-state index is -0.263. The topological polar surface area (TPSA) is 41.1 Å². The molecule has 0 saturated carbocycles. The summed E-state index contributed by atoms with van der Waals surface area (Å²) in [5.41, 5.74) is 0.719. The maximum atomic E-state index is 12.0. The minimum absolute atomic E-state index is 0.220. The van der Waals surface area contributed by atoms with Crippen LogP contribution in [0, 0.1) is 0 Å². The molecule has 1 heterocycles. The van der Waals surface area contributed by atoms with Gasteiger partial charge in [0.15, 0.2) is 5.11 Å². The number of hydrogen-bond acceptors (Lipinski definition) is 3. The Bertz CT molecular complexity index is 656. The van der Waals surface area contributed by atoms with Gasteiger partial charge in [-0.2, -0.15) is 0 Å². The molecule has 1 aromatic heterocycles. The summed E-state index contributed by atoms with van der Waals surface area (Å²) in [4.78, 5) is 12.5. The molecular formula is C12H7Br2ClN2OS2. The first kappa shape index (κ1) is 15.9. The van der Waals surface area contributed by atoms with E-state index >= 15 is 0 Å². The fourth-order valence-corrected chi connectivity index (χ4v) is 3.68. The lowest BCUT2D eigenvalue weighted by Crippen LogP contribution is -2.33. The summed E-state index contributed by atoms with van der Waals surface area (Å²) in [6, 6.07) is 8.81. The van der Waals surface area contributed by atoms with Gasteiger partial charge in [0.2, 0.25) is 0 Å². The summed E-state index contributed by atoms with van der Waals surface area (Å²) < 4.78 is 1.69. The number of rotatable bonds is 2. The number of hydrogen-bond donors (Lipinski definition) is 2. The molecule has 0 unspecified atom stereocenters. The normalized spacial score (nSPS) is 10.2. The molecule has 0 saturated heterocycles. The van der Waals surface area contributed by atoms with Crippen molar-refractivity contribution in [2.75, 3.05) is 5.32 Å². The molecule has 3 nitrogen and oxygen atoms in total. The van der Waals surface area contributed by atoms with Crippen molar-refractivity contribution in [3.63, 3.8) is 0 Å². The number of thiocarbonyl (C=S) groups is 1. The molecule has 2 N–H and O–H groups in total.